The Kier molecular flexibility index (Phi) is 5.01. The molecule has 4 heterocycles. The third-order valence-electron chi connectivity index (χ3n) is 5.73. The first-order chi connectivity index (χ1) is 13.1. The standard InChI is InChI=1S/C20H26N4O3/c1-14-13-16(22-21-14)15-7-10-23(11-8-15)19(25)17-5-2-3-9-24(17)20(26)18-6-4-12-27-18/h4,6,12-13,15,17H,2-3,5,7-11H2,1H3,(H,21,22)/t17-/m0/s1. The highest BCUT2D eigenvalue weighted by Gasteiger charge is 2.37. The van der Waals surface area contributed by atoms with E-state index in [9.17, 15) is 9.59 Å². The van der Waals surface area contributed by atoms with E-state index in [0.717, 1.165) is 43.5 Å². The van der Waals surface area contributed by atoms with E-state index in [2.05, 4.69) is 16.3 Å². The van der Waals surface area contributed by atoms with Gasteiger partial charge >= 0.3 is 0 Å². The molecule has 1 atom stereocenters. The van der Waals surface area contributed by atoms with Crippen molar-refractivity contribution in [2.45, 2.75) is 51.0 Å². The predicted molar refractivity (Wildman–Crippen MR) is 99.3 cm³/mol. The Morgan fingerprint density at radius 2 is 2.00 bits per heavy atom. The molecule has 7 heteroatoms. The Labute approximate surface area is 158 Å². The number of aromatic nitrogens is 2. The highest BCUT2D eigenvalue weighted by molar-refractivity contribution is 5.95. The van der Waals surface area contributed by atoms with Gasteiger partial charge in [-0.1, -0.05) is 0 Å². The normalized spacial score (nSPS) is 21.4. The number of piperidine rings is 2. The summed E-state index contributed by atoms with van der Waals surface area (Å²) < 4.78 is 5.26. The SMILES string of the molecule is Cc1cc(C2CCN(C(=O)[C@@H]3CCCCN3C(=O)c3ccco3)CC2)n[nH]1. The first-order valence-electron chi connectivity index (χ1n) is 9.78. The first kappa shape index (κ1) is 17.8. The molecular formula is C20H26N4O3. The van der Waals surface area contributed by atoms with Gasteiger partial charge in [0.15, 0.2) is 5.76 Å². The molecule has 0 aliphatic carbocycles. The van der Waals surface area contributed by atoms with Crippen LogP contribution in [0.2, 0.25) is 0 Å². The van der Waals surface area contributed by atoms with E-state index in [0.29, 0.717) is 31.3 Å². The van der Waals surface area contributed by atoms with Crippen molar-refractivity contribution < 1.29 is 14.0 Å². The van der Waals surface area contributed by atoms with Crippen LogP contribution in [0.25, 0.3) is 0 Å². The molecule has 27 heavy (non-hydrogen) atoms. The molecule has 2 fully saturated rings. The lowest BCUT2D eigenvalue weighted by Crippen LogP contribution is -2.54. The minimum Gasteiger partial charge on any atom is -0.459 e. The summed E-state index contributed by atoms with van der Waals surface area (Å²) in [6.45, 7) is 4.05. The smallest absolute Gasteiger partial charge is 0.290 e. The Bertz CT molecular complexity index is 790. The van der Waals surface area contributed by atoms with Crippen LogP contribution in [0.5, 0.6) is 0 Å². The molecular weight excluding hydrogens is 344 g/mol. The molecule has 0 radical (unpaired) electrons. The Hall–Kier alpha value is -2.57. The maximum absolute atomic E-state index is 13.2. The molecule has 1 N–H and O–H groups in total. The molecule has 2 aromatic heterocycles. The Morgan fingerprint density at radius 3 is 2.67 bits per heavy atom. The summed E-state index contributed by atoms with van der Waals surface area (Å²) in [5, 5.41) is 7.37. The number of hydrogen-bond donors (Lipinski definition) is 1. The molecule has 2 aliphatic rings. The average molecular weight is 370 g/mol. The predicted octanol–water partition coefficient (Wildman–Crippen LogP) is 2.71. The number of nitrogens with one attached hydrogen (secondary N) is 1. The zero-order valence-electron chi connectivity index (χ0n) is 15.7. The molecule has 0 bridgehead atoms. The second-order valence-electron chi connectivity index (χ2n) is 7.56. The minimum absolute atomic E-state index is 0.0752. The van der Waals surface area contributed by atoms with E-state index < -0.39 is 0 Å². The van der Waals surface area contributed by atoms with Crippen molar-refractivity contribution in [1.29, 1.82) is 0 Å². The van der Waals surface area contributed by atoms with Gasteiger partial charge in [-0.3, -0.25) is 14.7 Å². The third-order valence-corrected chi connectivity index (χ3v) is 5.73. The molecule has 0 saturated carbocycles. The van der Waals surface area contributed by atoms with Gasteiger partial charge in [0.05, 0.1) is 12.0 Å². The maximum Gasteiger partial charge on any atom is 0.290 e. The van der Waals surface area contributed by atoms with Crippen LogP contribution in [0, 0.1) is 6.92 Å². The molecule has 2 aliphatic heterocycles. The lowest BCUT2D eigenvalue weighted by molar-refractivity contribution is -0.138. The molecule has 2 aromatic rings. The summed E-state index contributed by atoms with van der Waals surface area (Å²) in [4.78, 5) is 29.5. The second kappa shape index (κ2) is 7.58. The van der Waals surface area contributed by atoms with Crippen LogP contribution in [0.1, 0.15) is 60.0 Å². The summed E-state index contributed by atoms with van der Waals surface area (Å²) in [5.41, 5.74) is 2.16. The summed E-state index contributed by atoms with van der Waals surface area (Å²) in [7, 11) is 0. The monoisotopic (exact) mass is 370 g/mol. The number of rotatable bonds is 3. The van der Waals surface area contributed by atoms with E-state index in [4.69, 9.17) is 4.42 Å². The van der Waals surface area contributed by atoms with Crippen molar-refractivity contribution in [3.8, 4) is 0 Å². The largest absolute Gasteiger partial charge is 0.459 e. The number of H-pyrrole nitrogens is 1. The fourth-order valence-electron chi connectivity index (χ4n) is 4.23. The van der Waals surface area contributed by atoms with E-state index in [1.54, 1.807) is 17.0 Å². The number of aromatic amines is 1. The van der Waals surface area contributed by atoms with Gasteiger partial charge in [0.1, 0.15) is 6.04 Å². The molecule has 0 aromatic carbocycles. The quantitative estimate of drug-likeness (QED) is 0.901. The lowest BCUT2D eigenvalue weighted by atomic mass is 9.92. The van der Waals surface area contributed by atoms with Gasteiger partial charge in [0, 0.05) is 31.2 Å². The number of carbonyl (C=O) groups is 2. The average Bonchev–Trinajstić information content (AvgIpc) is 3.39. The highest BCUT2D eigenvalue weighted by atomic mass is 16.3. The van der Waals surface area contributed by atoms with E-state index in [-0.39, 0.29) is 17.9 Å². The van der Waals surface area contributed by atoms with Crippen LogP contribution in [0.3, 0.4) is 0 Å². The fourth-order valence-corrected chi connectivity index (χ4v) is 4.23. The van der Waals surface area contributed by atoms with E-state index in [1.807, 2.05) is 11.8 Å². The van der Waals surface area contributed by atoms with Gasteiger partial charge in [0.2, 0.25) is 5.91 Å². The molecule has 0 spiro atoms. The van der Waals surface area contributed by atoms with Crippen LogP contribution in [-0.4, -0.2) is 57.5 Å². The van der Waals surface area contributed by atoms with Crippen LogP contribution < -0.4 is 0 Å². The van der Waals surface area contributed by atoms with Gasteiger partial charge in [-0.2, -0.15) is 5.10 Å². The van der Waals surface area contributed by atoms with Gasteiger partial charge in [-0.25, -0.2) is 0 Å². The number of carbonyl (C=O) groups excluding carboxylic acids is 2. The van der Waals surface area contributed by atoms with Crippen molar-refractivity contribution in [3.63, 3.8) is 0 Å². The molecule has 2 saturated heterocycles. The van der Waals surface area contributed by atoms with Gasteiger partial charge < -0.3 is 14.2 Å². The fraction of sp³-hybridized carbons (Fsp3) is 0.550. The van der Waals surface area contributed by atoms with E-state index in [1.165, 1.54) is 6.26 Å². The number of likely N-dealkylation sites (tertiary alicyclic amines) is 2. The van der Waals surface area contributed by atoms with Crippen molar-refractivity contribution in [2.75, 3.05) is 19.6 Å². The number of hydrogen-bond acceptors (Lipinski definition) is 4. The van der Waals surface area contributed by atoms with Crippen LogP contribution >= 0.6 is 0 Å². The van der Waals surface area contributed by atoms with Crippen LogP contribution in [0.15, 0.2) is 28.9 Å². The third kappa shape index (κ3) is 3.63. The number of amides is 2. The van der Waals surface area contributed by atoms with Crippen molar-refractivity contribution >= 4 is 11.8 Å². The number of aryl methyl sites for hydroxylation is 1. The lowest BCUT2D eigenvalue weighted by Gasteiger charge is -2.39. The van der Waals surface area contributed by atoms with Crippen molar-refractivity contribution in [1.82, 2.24) is 20.0 Å². The summed E-state index contributed by atoms with van der Waals surface area (Å²) >= 11 is 0. The van der Waals surface area contributed by atoms with E-state index >= 15 is 0 Å². The summed E-state index contributed by atoms with van der Waals surface area (Å²) in [6.07, 6.45) is 5.95. The molecule has 2 amide bonds. The van der Waals surface area contributed by atoms with Crippen LogP contribution in [0.4, 0.5) is 0 Å². The summed E-state index contributed by atoms with van der Waals surface area (Å²) in [6, 6.07) is 5.08. The Balaban J connectivity index is 1.41. The summed E-state index contributed by atoms with van der Waals surface area (Å²) in [5.74, 6) is 0.597. The maximum atomic E-state index is 13.2. The topological polar surface area (TPSA) is 82.4 Å². The van der Waals surface area contributed by atoms with Gasteiger partial charge in [0.25, 0.3) is 5.91 Å². The van der Waals surface area contributed by atoms with Crippen molar-refractivity contribution in [3.05, 3.63) is 41.6 Å². The molecule has 4 rings (SSSR count). The Morgan fingerprint density at radius 1 is 1.19 bits per heavy atom. The molecule has 7 nitrogen and oxygen atoms in total. The first-order valence-corrected chi connectivity index (χ1v) is 9.78. The second-order valence-corrected chi connectivity index (χ2v) is 7.56. The zero-order valence-corrected chi connectivity index (χ0v) is 15.7. The van der Waals surface area contributed by atoms with Crippen LogP contribution in [-0.2, 0) is 4.79 Å². The van der Waals surface area contributed by atoms with Gasteiger partial charge in [-0.05, 0) is 57.2 Å². The number of furan rings is 1. The minimum atomic E-state index is -0.375. The zero-order chi connectivity index (χ0) is 18.8. The number of nitrogens with zero attached hydrogens (tertiary/aromatic N) is 3. The molecule has 0 unspecified atom stereocenters. The molecule has 144 valence electrons. The highest BCUT2D eigenvalue weighted by Crippen LogP contribution is 2.29. The van der Waals surface area contributed by atoms with Crippen molar-refractivity contribution in [2.24, 2.45) is 0 Å². The van der Waals surface area contributed by atoms with Gasteiger partial charge in [-0.15, -0.1) is 0 Å².